The molecule has 3 amide bonds. The fourth-order valence-electron chi connectivity index (χ4n) is 2.90. The van der Waals surface area contributed by atoms with Crippen molar-refractivity contribution in [2.24, 2.45) is 0 Å². The molecule has 0 radical (unpaired) electrons. The first-order valence-electron chi connectivity index (χ1n) is 9.91. The summed E-state index contributed by atoms with van der Waals surface area (Å²) in [5, 5.41) is 7.96. The standard InChI is InChI=1S/C24H18N6O3/c31-22(28-19-7-1-4-10-25-19)16-13-17(23(32)29-20-8-2-5-11-26-20)15-18(14-16)24(33)30-21-9-3-6-12-27-21/h1-15H,(H,25,28,31)(H,26,29,32)(H,27,30,33). The van der Waals surface area contributed by atoms with Crippen LogP contribution in [0.4, 0.5) is 17.5 Å². The molecule has 162 valence electrons. The maximum absolute atomic E-state index is 12.8. The van der Waals surface area contributed by atoms with Gasteiger partial charge in [0.25, 0.3) is 17.7 Å². The highest BCUT2D eigenvalue weighted by atomic mass is 16.2. The van der Waals surface area contributed by atoms with Crippen LogP contribution in [0.1, 0.15) is 31.1 Å². The van der Waals surface area contributed by atoms with E-state index in [1.807, 2.05) is 0 Å². The van der Waals surface area contributed by atoms with Crippen LogP contribution in [0.5, 0.6) is 0 Å². The first-order chi connectivity index (χ1) is 16.1. The molecule has 3 aromatic heterocycles. The lowest BCUT2D eigenvalue weighted by molar-refractivity contribution is 0.102. The number of hydrogen-bond acceptors (Lipinski definition) is 6. The van der Waals surface area contributed by atoms with Gasteiger partial charge < -0.3 is 16.0 Å². The van der Waals surface area contributed by atoms with Crippen LogP contribution in [0.2, 0.25) is 0 Å². The summed E-state index contributed by atoms with van der Waals surface area (Å²) in [4.78, 5) is 50.7. The molecule has 0 bridgehead atoms. The van der Waals surface area contributed by atoms with Crippen molar-refractivity contribution in [3.05, 3.63) is 108 Å². The molecular formula is C24H18N6O3. The normalized spacial score (nSPS) is 10.2. The van der Waals surface area contributed by atoms with E-state index in [1.54, 1.807) is 54.6 Å². The molecule has 0 aliphatic rings. The van der Waals surface area contributed by atoms with Gasteiger partial charge in [0.15, 0.2) is 0 Å². The Bertz CT molecular complexity index is 1110. The molecule has 0 atom stereocenters. The van der Waals surface area contributed by atoms with Crippen LogP contribution in [0.25, 0.3) is 0 Å². The Kier molecular flexibility index (Phi) is 6.41. The van der Waals surface area contributed by atoms with E-state index >= 15 is 0 Å². The van der Waals surface area contributed by atoms with Crippen LogP contribution in [0.3, 0.4) is 0 Å². The first kappa shape index (κ1) is 21.3. The Morgan fingerprint density at radius 3 is 1.03 bits per heavy atom. The molecule has 9 heteroatoms. The molecule has 0 aliphatic carbocycles. The van der Waals surface area contributed by atoms with Gasteiger partial charge in [0, 0.05) is 35.3 Å². The number of nitrogens with zero attached hydrogens (tertiary/aromatic N) is 3. The summed E-state index contributed by atoms with van der Waals surface area (Å²) in [6, 6.07) is 19.4. The van der Waals surface area contributed by atoms with Crippen molar-refractivity contribution in [1.82, 2.24) is 15.0 Å². The first-order valence-corrected chi connectivity index (χ1v) is 9.91. The van der Waals surface area contributed by atoms with Crippen molar-refractivity contribution in [2.75, 3.05) is 16.0 Å². The van der Waals surface area contributed by atoms with Gasteiger partial charge >= 0.3 is 0 Å². The average molecular weight is 438 g/mol. The number of nitrogens with one attached hydrogen (secondary N) is 3. The summed E-state index contributed by atoms with van der Waals surface area (Å²) in [7, 11) is 0. The smallest absolute Gasteiger partial charge is 0.256 e. The topological polar surface area (TPSA) is 126 Å². The molecule has 3 heterocycles. The van der Waals surface area contributed by atoms with Crippen molar-refractivity contribution in [3.8, 4) is 0 Å². The number of hydrogen-bond donors (Lipinski definition) is 3. The second-order valence-corrected chi connectivity index (χ2v) is 6.81. The Hall–Kier alpha value is -4.92. The maximum atomic E-state index is 12.8. The summed E-state index contributed by atoms with van der Waals surface area (Å²) < 4.78 is 0. The fourth-order valence-corrected chi connectivity index (χ4v) is 2.90. The molecule has 0 saturated carbocycles. The van der Waals surface area contributed by atoms with E-state index in [4.69, 9.17) is 0 Å². The van der Waals surface area contributed by atoms with Gasteiger partial charge in [-0.3, -0.25) is 14.4 Å². The molecule has 0 fully saturated rings. The summed E-state index contributed by atoms with van der Waals surface area (Å²) in [6.45, 7) is 0. The number of carbonyl (C=O) groups is 3. The zero-order valence-corrected chi connectivity index (χ0v) is 17.2. The highest BCUT2D eigenvalue weighted by molar-refractivity contribution is 6.12. The molecule has 0 unspecified atom stereocenters. The molecule has 4 rings (SSSR count). The van der Waals surface area contributed by atoms with E-state index in [9.17, 15) is 14.4 Å². The lowest BCUT2D eigenvalue weighted by Crippen LogP contribution is -2.20. The van der Waals surface area contributed by atoms with Crippen molar-refractivity contribution in [2.45, 2.75) is 0 Å². The van der Waals surface area contributed by atoms with E-state index in [1.165, 1.54) is 36.8 Å². The molecule has 0 aliphatic heterocycles. The Balaban J connectivity index is 1.65. The van der Waals surface area contributed by atoms with Crippen LogP contribution >= 0.6 is 0 Å². The van der Waals surface area contributed by atoms with E-state index in [-0.39, 0.29) is 16.7 Å². The van der Waals surface area contributed by atoms with Gasteiger partial charge in [-0.25, -0.2) is 15.0 Å². The largest absolute Gasteiger partial charge is 0.307 e. The monoisotopic (exact) mass is 438 g/mol. The number of pyridine rings is 3. The third-order valence-corrected chi connectivity index (χ3v) is 4.44. The third kappa shape index (κ3) is 5.61. The van der Waals surface area contributed by atoms with Crippen LogP contribution in [-0.4, -0.2) is 32.7 Å². The van der Waals surface area contributed by atoms with E-state index in [0.29, 0.717) is 17.5 Å². The molecule has 4 aromatic rings. The molecule has 0 saturated heterocycles. The summed E-state index contributed by atoms with van der Waals surface area (Å²) in [6.07, 6.45) is 4.62. The Labute approximate surface area is 188 Å². The Morgan fingerprint density at radius 1 is 0.485 bits per heavy atom. The summed E-state index contributed by atoms with van der Waals surface area (Å²) in [5.41, 5.74) is 0.335. The molecule has 9 nitrogen and oxygen atoms in total. The minimum absolute atomic E-state index is 0.112. The van der Waals surface area contributed by atoms with Crippen molar-refractivity contribution < 1.29 is 14.4 Å². The second-order valence-electron chi connectivity index (χ2n) is 6.81. The zero-order valence-electron chi connectivity index (χ0n) is 17.2. The number of benzene rings is 1. The van der Waals surface area contributed by atoms with Gasteiger partial charge in [-0.1, -0.05) is 18.2 Å². The number of anilines is 3. The van der Waals surface area contributed by atoms with Crippen LogP contribution in [0.15, 0.2) is 91.4 Å². The summed E-state index contributed by atoms with van der Waals surface area (Å²) >= 11 is 0. The highest BCUT2D eigenvalue weighted by Crippen LogP contribution is 2.16. The third-order valence-electron chi connectivity index (χ3n) is 4.44. The number of carbonyl (C=O) groups excluding carboxylic acids is 3. The van der Waals surface area contributed by atoms with Crippen molar-refractivity contribution >= 4 is 35.2 Å². The molecule has 3 N–H and O–H groups in total. The molecule has 33 heavy (non-hydrogen) atoms. The fraction of sp³-hybridized carbons (Fsp3) is 0. The van der Waals surface area contributed by atoms with Crippen molar-refractivity contribution in [3.63, 3.8) is 0 Å². The minimum atomic E-state index is -0.520. The van der Waals surface area contributed by atoms with Gasteiger partial charge in [0.2, 0.25) is 0 Å². The maximum Gasteiger partial charge on any atom is 0.256 e. The zero-order chi connectivity index (χ0) is 23.0. The SMILES string of the molecule is O=C(Nc1ccccn1)c1cc(C(=O)Nc2ccccn2)cc(C(=O)Nc2ccccn2)c1. The summed E-state index contributed by atoms with van der Waals surface area (Å²) in [5.74, 6) is -0.546. The van der Waals surface area contributed by atoms with E-state index < -0.39 is 17.7 Å². The number of rotatable bonds is 6. The van der Waals surface area contributed by atoms with Gasteiger partial charge in [-0.15, -0.1) is 0 Å². The predicted molar refractivity (Wildman–Crippen MR) is 123 cm³/mol. The van der Waals surface area contributed by atoms with Gasteiger partial charge in [-0.05, 0) is 54.6 Å². The van der Waals surface area contributed by atoms with Crippen LogP contribution in [0, 0.1) is 0 Å². The van der Waals surface area contributed by atoms with Crippen LogP contribution < -0.4 is 16.0 Å². The molecule has 1 aromatic carbocycles. The van der Waals surface area contributed by atoms with Gasteiger partial charge in [0.05, 0.1) is 0 Å². The minimum Gasteiger partial charge on any atom is -0.307 e. The highest BCUT2D eigenvalue weighted by Gasteiger charge is 2.18. The molecular weight excluding hydrogens is 420 g/mol. The lowest BCUT2D eigenvalue weighted by Gasteiger charge is -2.11. The van der Waals surface area contributed by atoms with Crippen molar-refractivity contribution in [1.29, 1.82) is 0 Å². The van der Waals surface area contributed by atoms with E-state index in [2.05, 4.69) is 30.9 Å². The lowest BCUT2D eigenvalue weighted by atomic mass is 10.0. The van der Waals surface area contributed by atoms with Gasteiger partial charge in [-0.2, -0.15) is 0 Å². The molecule has 0 spiro atoms. The quantitative estimate of drug-likeness (QED) is 0.422. The second kappa shape index (κ2) is 9.92. The van der Waals surface area contributed by atoms with Gasteiger partial charge in [0.1, 0.15) is 17.5 Å². The predicted octanol–water partition coefficient (Wildman–Crippen LogP) is 3.63. The Morgan fingerprint density at radius 2 is 0.788 bits per heavy atom. The van der Waals surface area contributed by atoms with Crippen LogP contribution in [-0.2, 0) is 0 Å². The average Bonchev–Trinajstić information content (AvgIpc) is 2.85. The number of aromatic nitrogens is 3. The van der Waals surface area contributed by atoms with E-state index in [0.717, 1.165) is 0 Å². The number of amides is 3.